The van der Waals surface area contributed by atoms with Crippen molar-refractivity contribution < 1.29 is 19.2 Å². The van der Waals surface area contributed by atoms with E-state index in [1.54, 1.807) is 25.2 Å². The Labute approximate surface area is 177 Å². The SMILES string of the molecule is COc1ccc(Cl)cc1NC(=O)CN(C)C(=O)C[NH+](C)Cc1ccc(C)cc1C. The number of carbonyl (C=O) groups is 2. The van der Waals surface area contributed by atoms with E-state index in [9.17, 15) is 9.59 Å². The maximum atomic E-state index is 12.5. The number of halogens is 1. The van der Waals surface area contributed by atoms with Gasteiger partial charge in [0.1, 0.15) is 12.3 Å². The van der Waals surface area contributed by atoms with E-state index in [4.69, 9.17) is 16.3 Å². The first-order chi connectivity index (χ1) is 13.7. The van der Waals surface area contributed by atoms with Crippen LogP contribution in [0.15, 0.2) is 36.4 Å². The Balaban J connectivity index is 1.89. The third kappa shape index (κ3) is 6.76. The Kier molecular flexibility index (Phi) is 8.05. The Morgan fingerprint density at radius 2 is 1.90 bits per heavy atom. The van der Waals surface area contributed by atoms with Gasteiger partial charge in [-0.2, -0.15) is 0 Å². The molecule has 0 aromatic heterocycles. The number of aryl methyl sites for hydroxylation is 2. The number of anilines is 1. The lowest BCUT2D eigenvalue weighted by Crippen LogP contribution is -3.08. The standard InChI is InChI=1S/C22H28ClN3O3/c1-15-6-7-17(16(2)10-15)12-25(3)14-22(28)26(4)13-21(27)24-19-11-18(23)8-9-20(19)29-5/h6-11H,12-14H2,1-5H3,(H,24,27)/p+1. The van der Waals surface area contributed by atoms with Crippen molar-refractivity contribution in [1.29, 1.82) is 0 Å². The van der Waals surface area contributed by atoms with E-state index in [2.05, 4.69) is 37.4 Å². The number of hydrogen-bond donors (Lipinski definition) is 2. The van der Waals surface area contributed by atoms with Crippen LogP contribution in [0.1, 0.15) is 16.7 Å². The molecule has 156 valence electrons. The average molecular weight is 419 g/mol. The molecule has 2 rings (SSSR count). The van der Waals surface area contributed by atoms with Gasteiger partial charge >= 0.3 is 0 Å². The zero-order valence-corrected chi connectivity index (χ0v) is 18.4. The molecule has 2 N–H and O–H groups in total. The Morgan fingerprint density at radius 3 is 2.55 bits per heavy atom. The summed E-state index contributed by atoms with van der Waals surface area (Å²) >= 11 is 5.98. The lowest BCUT2D eigenvalue weighted by molar-refractivity contribution is -0.885. The molecule has 6 nitrogen and oxygen atoms in total. The van der Waals surface area contributed by atoms with Crippen LogP contribution in [-0.4, -0.2) is 51.0 Å². The van der Waals surface area contributed by atoms with E-state index in [-0.39, 0.29) is 18.4 Å². The number of quaternary nitrogens is 1. The van der Waals surface area contributed by atoms with Crippen LogP contribution in [0.25, 0.3) is 0 Å². The van der Waals surface area contributed by atoms with Gasteiger partial charge in [-0.05, 0) is 37.6 Å². The van der Waals surface area contributed by atoms with Gasteiger partial charge in [0.05, 0.1) is 26.4 Å². The van der Waals surface area contributed by atoms with Crippen molar-refractivity contribution in [2.24, 2.45) is 0 Å². The molecular weight excluding hydrogens is 390 g/mol. The third-order valence-corrected chi connectivity index (χ3v) is 4.92. The second kappa shape index (κ2) is 10.3. The molecule has 1 unspecified atom stereocenters. The Hall–Kier alpha value is -2.57. The summed E-state index contributed by atoms with van der Waals surface area (Å²) in [6, 6.07) is 11.3. The first-order valence-corrected chi connectivity index (χ1v) is 9.82. The number of methoxy groups -OCH3 is 1. The van der Waals surface area contributed by atoms with Gasteiger partial charge in [0.15, 0.2) is 6.54 Å². The minimum atomic E-state index is -0.312. The van der Waals surface area contributed by atoms with Crippen LogP contribution in [0.2, 0.25) is 5.02 Å². The molecule has 0 fully saturated rings. The lowest BCUT2D eigenvalue weighted by atomic mass is 10.1. The highest BCUT2D eigenvalue weighted by molar-refractivity contribution is 6.31. The quantitative estimate of drug-likeness (QED) is 0.690. The predicted molar refractivity (Wildman–Crippen MR) is 116 cm³/mol. The molecule has 0 heterocycles. The average Bonchev–Trinajstić information content (AvgIpc) is 2.64. The molecule has 0 bridgehead atoms. The van der Waals surface area contributed by atoms with Crippen molar-refractivity contribution in [3.8, 4) is 5.75 Å². The van der Waals surface area contributed by atoms with Crippen molar-refractivity contribution in [3.05, 3.63) is 58.1 Å². The summed E-state index contributed by atoms with van der Waals surface area (Å²) < 4.78 is 5.22. The number of nitrogens with zero attached hydrogens (tertiary/aromatic N) is 1. The smallest absolute Gasteiger partial charge is 0.277 e. The molecule has 0 saturated carbocycles. The molecule has 0 saturated heterocycles. The fourth-order valence-corrected chi connectivity index (χ4v) is 3.27. The van der Waals surface area contributed by atoms with Crippen molar-refractivity contribution in [1.82, 2.24) is 4.90 Å². The topological polar surface area (TPSA) is 63.1 Å². The number of benzene rings is 2. The van der Waals surface area contributed by atoms with Gasteiger partial charge in [0.2, 0.25) is 5.91 Å². The van der Waals surface area contributed by atoms with E-state index >= 15 is 0 Å². The molecular formula is C22H29ClN3O3+. The summed E-state index contributed by atoms with van der Waals surface area (Å²) in [5.41, 5.74) is 4.14. The first-order valence-electron chi connectivity index (χ1n) is 9.44. The molecule has 0 radical (unpaired) electrons. The van der Waals surface area contributed by atoms with Gasteiger partial charge in [0.25, 0.3) is 5.91 Å². The van der Waals surface area contributed by atoms with Gasteiger partial charge in [-0.25, -0.2) is 0 Å². The predicted octanol–water partition coefficient (Wildman–Crippen LogP) is 2.08. The third-order valence-electron chi connectivity index (χ3n) is 4.69. The monoisotopic (exact) mass is 418 g/mol. The molecule has 0 aliphatic rings. The summed E-state index contributed by atoms with van der Waals surface area (Å²) in [6.45, 7) is 5.15. The summed E-state index contributed by atoms with van der Waals surface area (Å²) in [5, 5.41) is 3.23. The maximum absolute atomic E-state index is 12.5. The molecule has 2 aromatic rings. The fraction of sp³-hybridized carbons (Fsp3) is 0.364. The molecule has 2 amide bonds. The molecule has 0 aliphatic carbocycles. The number of likely N-dealkylation sites (N-methyl/N-ethyl adjacent to an activating group) is 2. The van der Waals surface area contributed by atoms with E-state index in [0.717, 1.165) is 11.4 Å². The summed E-state index contributed by atoms with van der Waals surface area (Å²) in [4.78, 5) is 27.4. The molecule has 7 heteroatoms. The minimum Gasteiger partial charge on any atom is -0.495 e. The van der Waals surface area contributed by atoms with Gasteiger partial charge in [0, 0.05) is 17.6 Å². The summed E-state index contributed by atoms with van der Waals surface area (Å²) in [6.07, 6.45) is 0. The van der Waals surface area contributed by atoms with Gasteiger partial charge in [-0.3, -0.25) is 9.59 Å². The van der Waals surface area contributed by atoms with Crippen molar-refractivity contribution in [2.45, 2.75) is 20.4 Å². The van der Waals surface area contributed by atoms with Crippen LogP contribution in [0.5, 0.6) is 5.75 Å². The van der Waals surface area contributed by atoms with Gasteiger partial charge in [-0.1, -0.05) is 35.4 Å². The number of nitrogens with one attached hydrogen (secondary N) is 2. The zero-order valence-electron chi connectivity index (χ0n) is 17.6. The maximum Gasteiger partial charge on any atom is 0.277 e. The second-order valence-corrected chi connectivity index (χ2v) is 7.82. The lowest BCUT2D eigenvalue weighted by Gasteiger charge is -2.20. The van der Waals surface area contributed by atoms with Gasteiger partial charge < -0.3 is 19.9 Å². The van der Waals surface area contributed by atoms with Crippen LogP contribution < -0.4 is 15.0 Å². The Morgan fingerprint density at radius 1 is 1.17 bits per heavy atom. The van der Waals surface area contributed by atoms with Crippen LogP contribution in [0, 0.1) is 13.8 Å². The van der Waals surface area contributed by atoms with Crippen LogP contribution >= 0.6 is 11.6 Å². The zero-order chi connectivity index (χ0) is 21.6. The first kappa shape index (κ1) is 22.7. The van der Waals surface area contributed by atoms with E-state index in [1.807, 2.05) is 7.05 Å². The molecule has 2 aromatic carbocycles. The highest BCUT2D eigenvalue weighted by Gasteiger charge is 2.19. The molecule has 1 atom stereocenters. The Bertz CT molecular complexity index is 886. The van der Waals surface area contributed by atoms with Crippen LogP contribution in [0.4, 0.5) is 5.69 Å². The normalized spacial score (nSPS) is 11.7. The molecule has 0 spiro atoms. The van der Waals surface area contributed by atoms with Crippen molar-refractivity contribution >= 4 is 29.1 Å². The summed E-state index contributed by atoms with van der Waals surface area (Å²) in [5.74, 6) is 0.100. The second-order valence-electron chi connectivity index (χ2n) is 7.38. The van der Waals surface area contributed by atoms with E-state index < -0.39 is 0 Å². The van der Waals surface area contributed by atoms with Crippen LogP contribution in [-0.2, 0) is 16.1 Å². The number of rotatable bonds is 8. The van der Waals surface area contributed by atoms with Gasteiger partial charge in [-0.15, -0.1) is 0 Å². The van der Waals surface area contributed by atoms with E-state index in [0.29, 0.717) is 23.0 Å². The van der Waals surface area contributed by atoms with Crippen molar-refractivity contribution in [2.75, 3.05) is 39.6 Å². The van der Waals surface area contributed by atoms with E-state index in [1.165, 1.54) is 28.7 Å². The van der Waals surface area contributed by atoms with Crippen molar-refractivity contribution in [3.63, 3.8) is 0 Å². The number of carbonyl (C=O) groups excluding carboxylic acids is 2. The highest BCUT2D eigenvalue weighted by atomic mass is 35.5. The molecule has 29 heavy (non-hydrogen) atoms. The number of amides is 2. The number of hydrogen-bond acceptors (Lipinski definition) is 3. The fourth-order valence-electron chi connectivity index (χ4n) is 3.10. The van der Waals surface area contributed by atoms with Crippen LogP contribution in [0.3, 0.4) is 0 Å². The largest absolute Gasteiger partial charge is 0.495 e. The summed E-state index contributed by atoms with van der Waals surface area (Å²) in [7, 11) is 5.12. The number of ether oxygens (including phenoxy) is 1. The minimum absolute atomic E-state index is 0.0503. The highest BCUT2D eigenvalue weighted by Crippen LogP contribution is 2.27. The molecule has 0 aliphatic heterocycles.